The lowest BCUT2D eigenvalue weighted by Gasteiger charge is -2.04. The molecule has 1 aromatic carbocycles. The average Bonchev–Trinajstić information content (AvgIpc) is 3.00. The van der Waals surface area contributed by atoms with E-state index in [1.165, 1.54) is 0 Å². The second kappa shape index (κ2) is 8.53. The average molecular weight is 325 g/mol. The van der Waals surface area contributed by atoms with E-state index in [-0.39, 0.29) is 11.7 Å². The molecule has 1 amide bonds. The van der Waals surface area contributed by atoms with Crippen LogP contribution in [0.2, 0.25) is 5.02 Å². The minimum Gasteiger partial charge on any atom is -0.382 e. The van der Waals surface area contributed by atoms with Gasteiger partial charge in [-0.1, -0.05) is 28.9 Å². The maximum Gasteiger partial charge on any atom is 0.289 e. The van der Waals surface area contributed by atoms with E-state index in [4.69, 9.17) is 25.6 Å². The number of methoxy groups -OCH3 is 1. The minimum atomic E-state index is -0.337. The largest absolute Gasteiger partial charge is 0.382 e. The van der Waals surface area contributed by atoms with Gasteiger partial charge in [0.1, 0.15) is 5.69 Å². The molecule has 0 fully saturated rings. The van der Waals surface area contributed by atoms with E-state index in [2.05, 4.69) is 10.5 Å². The third-order valence-corrected chi connectivity index (χ3v) is 3.05. The Kier molecular flexibility index (Phi) is 6.39. The maximum atomic E-state index is 11.9. The Labute approximate surface area is 133 Å². The van der Waals surface area contributed by atoms with Crippen molar-refractivity contribution >= 4 is 17.5 Å². The molecular formula is C15H17ClN2O4. The van der Waals surface area contributed by atoms with Crippen molar-refractivity contribution in [3.8, 4) is 11.3 Å². The van der Waals surface area contributed by atoms with Crippen molar-refractivity contribution in [3.05, 3.63) is 41.1 Å². The molecule has 0 unspecified atom stereocenters. The number of ether oxygens (including phenoxy) is 2. The number of halogens is 1. The molecule has 2 rings (SSSR count). The smallest absolute Gasteiger partial charge is 0.289 e. The second-order valence-electron chi connectivity index (χ2n) is 4.45. The highest BCUT2D eigenvalue weighted by Gasteiger charge is 2.13. The fourth-order valence-corrected chi connectivity index (χ4v) is 1.92. The van der Waals surface area contributed by atoms with Gasteiger partial charge >= 0.3 is 0 Å². The summed E-state index contributed by atoms with van der Waals surface area (Å²) >= 11 is 5.92. The number of rotatable bonds is 8. The van der Waals surface area contributed by atoms with Crippen LogP contribution in [0.5, 0.6) is 0 Å². The Bertz CT molecular complexity index is 615. The predicted molar refractivity (Wildman–Crippen MR) is 82.0 cm³/mol. The number of aromatic nitrogens is 1. The molecule has 0 bridgehead atoms. The molecule has 7 heteroatoms. The summed E-state index contributed by atoms with van der Waals surface area (Å²) in [6, 6.07) is 8.75. The number of carbonyl (C=O) groups excluding carboxylic acids is 1. The zero-order valence-electron chi connectivity index (χ0n) is 12.2. The summed E-state index contributed by atoms with van der Waals surface area (Å²) in [6.45, 7) is 1.81. The summed E-state index contributed by atoms with van der Waals surface area (Å²) in [6.07, 6.45) is 0. The number of hydrogen-bond donors (Lipinski definition) is 1. The summed E-state index contributed by atoms with van der Waals surface area (Å²) in [4.78, 5) is 11.9. The first-order chi connectivity index (χ1) is 10.7. The first kappa shape index (κ1) is 16.5. The Morgan fingerprint density at radius 3 is 2.95 bits per heavy atom. The van der Waals surface area contributed by atoms with Crippen LogP contribution in [0.15, 0.2) is 34.9 Å². The first-order valence-corrected chi connectivity index (χ1v) is 7.16. The van der Waals surface area contributed by atoms with E-state index in [0.29, 0.717) is 37.1 Å². The van der Waals surface area contributed by atoms with Gasteiger partial charge in [-0.25, -0.2) is 0 Å². The lowest BCUT2D eigenvalue weighted by molar-refractivity contribution is 0.0685. The fourth-order valence-electron chi connectivity index (χ4n) is 1.73. The Morgan fingerprint density at radius 1 is 1.32 bits per heavy atom. The summed E-state index contributed by atoms with van der Waals surface area (Å²) < 4.78 is 15.1. The molecule has 6 nitrogen and oxygen atoms in total. The number of amides is 1. The highest BCUT2D eigenvalue weighted by atomic mass is 35.5. The van der Waals surface area contributed by atoms with Crippen LogP contribution < -0.4 is 5.32 Å². The second-order valence-corrected chi connectivity index (χ2v) is 4.88. The minimum absolute atomic E-state index is 0.145. The third-order valence-electron chi connectivity index (χ3n) is 2.82. The van der Waals surface area contributed by atoms with E-state index in [1.54, 1.807) is 25.3 Å². The number of hydrogen-bond acceptors (Lipinski definition) is 5. The topological polar surface area (TPSA) is 73.6 Å². The van der Waals surface area contributed by atoms with Crippen molar-refractivity contribution in [1.82, 2.24) is 10.5 Å². The molecule has 0 aliphatic carbocycles. The van der Waals surface area contributed by atoms with E-state index in [9.17, 15) is 4.79 Å². The van der Waals surface area contributed by atoms with Crippen LogP contribution in [0, 0.1) is 0 Å². The van der Waals surface area contributed by atoms with Gasteiger partial charge in [0, 0.05) is 30.3 Å². The Balaban J connectivity index is 1.84. The molecular weight excluding hydrogens is 308 g/mol. The molecule has 0 radical (unpaired) electrons. The molecule has 0 saturated carbocycles. The lowest BCUT2D eigenvalue weighted by atomic mass is 10.1. The van der Waals surface area contributed by atoms with Crippen molar-refractivity contribution < 1.29 is 18.8 Å². The van der Waals surface area contributed by atoms with E-state index in [1.807, 2.05) is 12.1 Å². The number of nitrogens with one attached hydrogen (secondary N) is 1. The Hall–Kier alpha value is -1.89. The lowest BCUT2D eigenvalue weighted by Crippen LogP contribution is -2.27. The van der Waals surface area contributed by atoms with Crippen molar-refractivity contribution in [3.63, 3.8) is 0 Å². The molecule has 0 atom stereocenters. The van der Waals surface area contributed by atoms with Crippen LogP contribution in [-0.2, 0) is 9.47 Å². The van der Waals surface area contributed by atoms with Crippen molar-refractivity contribution in [2.75, 3.05) is 33.5 Å². The molecule has 0 spiro atoms. The molecule has 2 aromatic rings. The molecule has 1 N–H and O–H groups in total. The van der Waals surface area contributed by atoms with E-state index in [0.717, 1.165) is 5.56 Å². The Morgan fingerprint density at radius 2 is 2.18 bits per heavy atom. The molecule has 0 saturated heterocycles. The number of nitrogens with zero attached hydrogens (tertiary/aromatic N) is 1. The standard InChI is InChI=1S/C15H17ClN2O4/c1-20-7-8-21-6-5-17-15(19)14-10-13(18-22-14)11-3-2-4-12(16)9-11/h2-4,9-10H,5-8H2,1H3,(H,17,19). The van der Waals surface area contributed by atoms with Gasteiger partial charge in [-0.3, -0.25) is 4.79 Å². The quantitative estimate of drug-likeness (QED) is 0.755. The van der Waals surface area contributed by atoms with Crippen LogP contribution >= 0.6 is 11.6 Å². The van der Waals surface area contributed by atoms with Crippen LogP contribution in [0.1, 0.15) is 10.6 Å². The molecule has 118 valence electrons. The summed E-state index contributed by atoms with van der Waals surface area (Å²) in [5, 5.41) is 7.16. The van der Waals surface area contributed by atoms with Gasteiger partial charge in [0.2, 0.25) is 5.76 Å². The van der Waals surface area contributed by atoms with Crippen LogP contribution in [0.4, 0.5) is 0 Å². The first-order valence-electron chi connectivity index (χ1n) is 6.78. The number of benzene rings is 1. The van der Waals surface area contributed by atoms with Gasteiger partial charge in [0.25, 0.3) is 5.91 Å². The summed E-state index contributed by atoms with van der Waals surface area (Å²) in [7, 11) is 1.60. The zero-order chi connectivity index (χ0) is 15.8. The highest BCUT2D eigenvalue weighted by molar-refractivity contribution is 6.30. The van der Waals surface area contributed by atoms with E-state index < -0.39 is 0 Å². The van der Waals surface area contributed by atoms with Crippen molar-refractivity contribution in [2.45, 2.75) is 0 Å². The molecule has 0 aliphatic heterocycles. The van der Waals surface area contributed by atoms with Crippen LogP contribution in [0.3, 0.4) is 0 Å². The zero-order valence-corrected chi connectivity index (χ0v) is 12.9. The van der Waals surface area contributed by atoms with Crippen LogP contribution in [0.25, 0.3) is 11.3 Å². The monoisotopic (exact) mass is 324 g/mol. The number of carbonyl (C=O) groups is 1. The van der Waals surface area contributed by atoms with E-state index >= 15 is 0 Å². The highest BCUT2D eigenvalue weighted by Crippen LogP contribution is 2.22. The maximum absolute atomic E-state index is 11.9. The van der Waals surface area contributed by atoms with Crippen molar-refractivity contribution in [2.24, 2.45) is 0 Å². The molecule has 0 aliphatic rings. The third kappa shape index (κ3) is 4.84. The van der Waals surface area contributed by atoms with Gasteiger partial charge in [-0.15, -0.1) is 0 Å². The SMILES string of the molecule is COCCOCCNC(=O)c1cc(-c2cccc(Cl)c2)no1. The summed E-state index contributed by atoms with van der Waals surface area (Å²) in [5.74, 6) is -0.192. The molecule has 1 heterocycles. The van der Waals surface area contributed by atoms with Gasteiger partial charge in [0.05, 0.1) is 19.8 Å². The van der Waals surface area contributed by atoms with Gasteiger partial charge in [-0.2, -0.15) is 0 Å². The van der Waals surface area contributed by atoms with Gasteiger partial charge in [0.15, 0.2) is 0 Å². The molecule has 1 aromatic heterocycles. The normalized spacial score (nSPS) is 10.6. The molecule has 22 heavy (non-hydrogen) atoms. The van der Waals surface area contributed by atoms with Crippen molar-refractivity contribution in [1.29, 1.82) is 0 Å². The van der Waals surface area contributed by atoms with Gasteiger partial charge < -0.3 is 19.3 Å². The van der Waals surface area contributed by atoms with Crippen LogP contribution in [-0.4, -0.2) is 44.5 Å². The van der Waals surface area contributed by atoms with Gasteiger partial charge in [-0.05, 0) is 12.1 Å². The fraction of sp³-hybridized carbons (Fsp3) is 0.333. The predicted octanol–water partition coefficient (Wildman–Crippen LogP) is 2.39. The summed E-state index contributed by atoms with van der Waals surface area (Å²) in [5.41, 5.74) is 1.35.